The van der Waals surface area contributed by atoms with E-state index >= 15 is 0 Å². The lowest BCUT2D eigenvalue weighted by Crippen LogP contribution is -2.31. The molecule has 4 aromatic rings. The summed E-state index contributed by atoms with van der Waals surface area (Å²) in [6.45, 7) is 0.159. The van der Waals surface area contributed by atoms with Crippen molar-refractivity contribution in [2.45, 2.75) is 10.8 Å². The van der Waals surface area contributed by atoms with Gasteiger partial charge in [0.15, 0.2) is 0 Å². The Bertz CT molecular complexity index is 1320. The van der Waals surface area contributed by atoms with Crippen molar-refractivity contribution in [1.82, 2.24) is 4.98 Å². The molecule has 2 N–H and O–H groups in total. The quantitative estimate of drug-likeness (QED) is 0.373. The second-order valence-corrected chi connectivity index (χ2v) is 11.4. The molecule has 0 bridgehead atoms. The number of nitrogens with two attached hydrogens (primary N) is 1. The van der Waals surface area contributed by atoms with Crippen LogP contribution in [0, 0.1) is 0 Å². The van der Waals surface area contributed by atoms with Gasteiger partial charge in [0.05, 0.1) is 15.5 Å². The van der Waals surface area contributed by atoms with Gasteiger partial charge in [-0.2, -0.15) is 5.06 Å². The summed E-state index contributed by atoms with van der Waals surface area (Å²) in [6.07, 6.45) is 1.58. The van der Waals surface area contributed by atoms with E-state index in [1.165, 1.54) is 17.4 Å². The molecule has 2 aromatic carbocycles. The molecule has 0 radical (unpaired) electrons. The predicted molar refractivity (Wildman–Crippen MR) is 121 cm³/mol. The fraction of sp³-hybridized carbons (Fsp3) is 0.0526. The maximum Gasteiger partial charge on any atom is 0.285 e. The minimum absolute atomic E-state index is 0.00787. The normalized spacial score (nSPS) is 11.7. The van der Waals surface area contributed by atoms with Gasteiger partial charge < -0.3 is 0 Å². The molecule has 4 rings (SSSR count). The highest BCUT2D eigenvalue weighted by Gasteiger charge is 2.25. The number of rotatable bonds is 6. The number of anilines is 1. The van der Waals surface area contributed by atoms with Gasteiger partial charge in [-0.1, -0.05) is 53.8 Å². The molecule has 0 atom stereocenters. The summed E-state index contributed by atoms with van der Waals surface area (Å²) < 4.78 is 24.8. The Kier molecular flexibility index (Phi) is 6.00. The van der Waals surface area contributed by atoms with E-state index in [2.05, 4.69) is 20.9 Å². The molecule has 30 heavy (non-hydrogen) atoms. The minimum atomic E-state index is -3.88. The van der Waals surface area contributed by atoms with E-state index in [1.807, 2.05) is 30.3 Å². The van der Waals surface area contributed by atoms with Crippen LogP contribution in [0.1, 0.15) is 15.9 Å². The van der Waals surface area contributed by atoms with Crippen LogP contribution in [0.3, 0.4) is 0 Å². The van der Waals surface area contributed by atoms with Gasteiger partial charge in [0, 0.05) is 4.70 Å². The van der Waals surface area contributed by atoms with Crippen molar-refractivity contribution >= 4 is 69.8 Å². The van der Waals surface area contributed by atoms with Crippen molar-refractivity contribution in [3.8, 4) is 0 Å². The van der Waals surface area contributed by atoms with Crippen LogP contribution in [0.5, 0.6) is 0 Å². The van der Waals surface area contributed by atoms with Crippen LogP contribution in [0.4, 0.5) is 5.13 Å². The maximum absolute atomic E-state index is 13.4. The van der Waals surface area contributed by atoms with E-state index in [4.69, 9.17) is 9.98 Å². The summed E-state index contributed by atoms with van der Waals surface area (Å²) in [4.78, 5) is 23.5. The number of thiophene rings is 1. The van der Waals surface area contributed by atoms with E-state index in [-0.39, 0.29) is 10.8 Å². The van der Waals surface area contributed by atoms with Gasteiger partial charge in [-0.05, 0) is 39.0 Å². The molecule has 1 amide bonds. The van der Waals surface area contributed by atoms with Gasteiger partial charge in [-0.15, -0.1) is 11.3 Å². The lowest BCUT2D eigenvalue weighted by Gasteiger charge is -2.19. The molecule has 0 aliphatic rings. The molecule has 0 saturated heterocycles. The average Bonchev–Trinajstić information content (AvgIpc) is 3.35. The first-order valence-electron chi connectivity index (χ1n) is 8.51. The molecule has 0 spiro atoms. The Morgan fingerprint density at radius 3 is 2.57 bits per heavy atom. The molecule has 2 aromatic heterocycles. The van der Waals surface area contributed by atoms with Crippen LogP contribution >= 0.6 is 38.6 Å². The number of carbonyl (C=O) groups is 1. The molecule has 0 fully saturated rings. The summed E-state index contributed by atoms with van der Waals surface area (Å²) in [5.74, 6) is -0.457. The zero-order valence-corrected chi connectivity index (χ0v) is 19.2. The van der Waals surface area contributed by atoms with Crippen molar-refractivity contribution in [2.75, 3.05) is 5.06 Å². The number of primary sulfonamides is 1. The molecular formula is C19H14BrN3O4S3. The molecule has 0 saturated carbocycles. The smallest absolute Gasteiger partial charge is 0.266 e. The standard InChI is InChI=1S/C19H14BrN3O4S3/c20-15-10-22-19(28-15)23(27-11-12-5-2-1-3-6-12)18(24)14-8-4-7-13-9-16(29-17(13)14)30(21,25)26/h1-10H,11H2,(H2,21,25,26). The molecule has 0 aliphatic heterocycles. The fourth-order valence-electron chi connectivity index (χ4n) is 2.71. The number of thiazole rings is 1. The van der Waals surface area contributed by atoms with Crippen molar-refractivity contribution in [1.29, 1.82) is 0 Å². The van der Waals surface area contributed by atoms with E-state index in [0.717, 1.165) is 25.7 Å². The Morgan fingerprint density at radius 2 is 1.90 bits per heavy atom. The first-order valence-corrected chi connectivity index (χ1v) is 12.5. The lowest BCUT2D eigenvalue weighted by molar-refractivity contribution is 0.0601. The highest BCUT2D eigenvalue weighted by molar-refractivity contribution is 9.11. The molecule has 7 nitrogen and oxygen atoms in total. The SMILES string of the molecule is NS(=O)(=O)c1cc2cccc(C(=O)N(OCc3ccccc3)c3ncc(Br)s3)c2s1. The lowest BCUT2D eigenvalue weighted by atomic mass is 10.1. The third-order valence-electron chi connectivity index (χ3n) is 4.06. The number of halogens is 1. The van der Waals surface area contributed by atoms with Crippen molar-refractivity contribution in [2.24, 2.45) is 5.14 Å². The van der Waals surface area contributed by atoms with Crippen LogP contribution in [0.15, 0.2) is 68.8 Å². The summed E-state index contributed by atoms with van der Waals surface area (Å²) in [7, 11) is -3.88. The average molecular weight is 524 g/mol. The van der Waals surface area contributed by atoms with E-state index < -0.39 is 15.9 Å². The van der Waals surface area contributed by atoms with Gasteiger partial charge in [0.25, 0.3) is 5.91 Å². The Labute approximate surface area is 188 Å². The number of hydrogen-bond acceptors (Lipinski definition) is 7. The van der Waals surface area contributed by atoms with Crippen molar-refractivity contribution < 1.29 is 18.0 Å². The molecular weight excluding hydrogens is 510 g/mol. The first kappa shape index (κ1) is 21.1. The highest BCUT2D eigenvalue weighted by Crippen LogP contribution is 2.34. The van der Waals surface area contributed by atoms with Gasteiger partial charge >= 0.3 is 0 Å². The van der Waals surface area contributed by atoms with Gasteiger partial charge in [0.2, 0.25) is 15.2 Å². The minimum Gasteiger partial charge on any atom is -0.266 e. The van der Waals surface area contributed by atoms with Gasteiger partial charge in [-0.25, -0.2) is 18.5 Å². The number of benzene rings is 2. The van der Waals surface area contributed by atoms with Crippen LogP contribution in [-0.2, 0) is 21.5 Å². The van der Waals surface area contributed by atoms with Crippen LogP contribution < -0.4 is 10.2 Å². The second kappa shape index (κ2) is 8.53. The third kappa shape index (κ3) is 4.46. The Hall–Kier alpha value is -2.15. The van der Waals surface area contributed by atoms with Crippen LogP contribution in [0.2, 0.25) is 0 Å². The molecule has 154 valence electrons. The summed E-state index contributed by atoms with van der Waals surface area (Å²) in [5, 5.41) is 7.35. The molecule has 11 heteroatoms. The number of carbonyl (C=O) groups excluding carboxylic acids is 1. The van der Waals surface area contributed by atoms with Crippen molar-refractivity contribution in [3.05, 3.63) is 75.7 Å². The largest absolute Gasteiger partial charge is 0.285 e. The molecule has 2 heterocycles. The maximum atomic E-state index is 13.4. The highest BCUT2D eigenvalue weighted by atomic mass is 79.9. The third-order valence-corrected chi connectivity index (χ3v) is 8.11. The number of hydroxylamine groups is 1. The fourth-order valence-corrected chi connectivity index (χ4v) is 5.75. The zero-order chi connectivity index (χ0) is 21.3. The van der Waals surface area contributed by atoms with Gasteiger partial charge in [-0.3, -0.25) is 9.63 Å². The number of aromatic nitrogens is 1. The summed E-state index contributed by atoms with van der Waals surface area (Å²) >= 11 is 5.54. The molecule has 0 aliphatic carbocycles. The second-order valence-electron chi connectivity index (χ2n) is 6.14. The topological polar surface area (TPSA) is 103 Å². The van der Waals surface area contributed by atoms with Crippen LogP contribution in [0.25, 0.3) is 10.1 Å². The molecule has 0 unspecified atom stereocenters. The Balaban J connectivity index is 1.73. The number of nitrogens with zero attached hydrogens (tertiary/aromatic N) is 2. The first-order chi connectivity index (χ1) is 14.3. The van der Waals surface area contributed by atoms with E-state index in [0.29, 0.717) is 20.8 Å². The zero-order valence-electron chi connectivity index (χ0n) is 15.2. The number of sulfonamides is 1. The van der Waals surface area contributed by atoms with Crippen molar-refractivity contribution in [3.63, 3.8) is 0 Å². The van der Waals surface area contributed by atoms with Crippen LogP contribution in [-0.4, -0.2) is 19.3 Å². The summed E-state index contributed by atoms with van der Waals surface area (Å²) in [5.41, 5.74) is 1.18. The predicted octanol–water partition coefficient (Wildman–Crippen LogP) is 4.55. The Morgan fingerprint density at radius 1 is 1.13 bits per heavy atom. The number of fused-ring (bicyclic) bond motifs is 1. The van der Waals surface area contributed by atoms with E-state index in [1.54, 1.807) is 24.4 Å². The van der Waals surface area contributed by atoms with Gasteiger partial charge in [0.1, 0.15) is 10.8 Å². The monoisotopic (exact) mass is 523 g/mol. The number of amides is 1. The van der Waals surface area contributed by atoms with E-state index in [9.17, 15) is 13.2 Å². The summed E-state index contributed by atoms with van der Waals surface area (Å²) in [6, 6.07) is 15.9. The number of hydrogen-bond donors (Lipinski definition) is 1.